The second-order valence-corrected chi connectivity index (χ2v) is 6.63. The molecule has 1 aromatic heterocycles. The van der Waals surface area contributed by atoms with Gasteiger partial charge in [0.15, 0.2) is 5.82 Å². The first-order chi connectivity index (χ1) is 13.1. The molecule has 0 aliphatic heterocycles. The van der Waals surface area contributed by atoms with Crippen molar-refractivity contribution in [3.05, 3.63) is 65.5 Å². The number of carbonyl (C=O) groups excluding carboxylic acids is 1. The van der Waals surface area contributed by atoms with Gasteiger partial charge in [0.25, 0.3) is 0 Å². The number of rotatable bonds is 8. The average Bonchev–Trinajstić information content (AvgIpc) is 3.16. The number of nitrogens with one attached hydrogen (secondary N) is 2. The van der Waals surface area contributed by atoms with Crippen molar-refractivity contribution in [3.8, 4) is 11.4 Å². The maximum absolute atomic E-state index is 12.1. The third-order valence-electron chi connectivity index (χ3n) is 4.39. The van der Waals surface area contributed by atoms with Crippen LogP contribution < -0.4 is 11.1 Å². The summed E-state index contributed by atoms with van der Waals surface area (Å²) in [7, 11) is 0. The zero-order chi connectivity index (χ0) is 19.1. The minimum atomic E-state index is 0. The molecule has 7 heteroatoms. The van der Waals surface area contributed by atoms with Crippen molar-refractivity contribution in [1.82, 2.24) is 15.2 Å². The Morgan fingerprint density at radius 2 is 1.79 bits per heavy atom. The van der Waals surface area contributed by atoms with Crippen molar-refractivity contribution in [2.24, 2.45) is 5.73 Å². The molecule has 148 valence electrons. The van der Waals surface area contributed by atoms with Crippen LogP contribution in [0.1, 0.15) is 36.2 Å². The van der Waals surface area contributed by atoms with Gasteiger partial charge in [0.05, 0.1) is 6.54 Å². The van der Waals surface area contributed by atoms with Crippen LogP contribution in [0.5, 0.6) is 0 Å². The molecule has 0 saturated carbocycles. The second-order valence-electron chi connectivity index (χ2n) is 6.63. The Hall–Kier alpha value is -2.70. The van der Waals surface area contributed by atoms with Crippen LogP contribution in [-0.2, 0) is 17.8 Å². The normalized spacial score (nSPS) is 10.4. The van der Waals surface area contributed by atoms with Gasteiger partial charge < -0.3 is 11.1 Å². The Morgan fingerprint density at radius 3 is 2.43 bits per heavy atom. The zero-order valence-corrected chi connectivity index (χ0v) is 16.8. The lowest BCUT2D eigenvalue weighted by Gasteiger charge is -2.06. The molecule has 0 aliphatic rings. The molecule has 2 aromatic carbocycles. The van der Waals surface area contributed by atoms with Gasteiger partial charge in [-0.15, -0.1) is 12.4 Å². The van der Waals surface area contributed by atoms with E-state index in [1.807, 2.05) is 24.3 Å². The van der Waals surface area contributed by atoms with Gasteiger partial charge >= 0.3 is 0 Å². The molecule has 6 nitrogen and oxygen atoms in total. The van der Waals surface area contributed by atoms with E-state index in [0.717, 1.165) is 30.5 Å². The van der Waals surface area contributed by atoms with E-state index >= 15 is 0 Å². The first-order valence-corrected chi connectivity index (χ1v) is 9.21. The molecule has 0 bridgehead atoms. The Morgan fingerprint density at radius 1 is 1.07 bits per heavy atom. The Kier molecular flexibility index (Phi) is 8.17. The summed E-state index contributed by atoms with van der Waals surface area (Å²) >= 11 is 0. The number of aryl methyl sites for hydroxylation is 2. The number of nitrogens with two attached hydrogens (primary N) is 1. The third kappa shape index (κ3) is 6.18. The third-order valence-corrected chi connectivity index (χ3v) is 4.39. The molecule has 0 radical (unpaired) electrons. The molecule has 1 heterocycles. The lowest BCUT2D eigenvalue weighted by molar-refractivity contribution is -0.116. The highest BCUT2D eigenvalue weighted by molar-refractivity contribution is 5.90. The first-order valence-electron chi connectivity index (χ1n) is 9.21. The molecule has 4 N–H and O–H groups in total. The van der Waals surface area contributed by atoms with E-state index in [2.05, 4.69) is 51.7 Å². The van der Waals surface area contributed by atoms with Gasteiger partial charge in [0, 0.05) is 17.7 Å². The standard InChI is InChI=1S/C21H25N5O.ClH/c1-15-6-8-16(9-7-15)4-2-3-5-20(27)23-18-12-10-17(11-13-18)21-24-19(14-22)25-26-21;/h6-13H,2-5,14,22H2,1H3,(H,23,27)(H,24,25,26);1H. The summed E-state index contributed by atoms with van der Waals surface area (Å²) in [5, 5.41) is 9.85. The van der Waals surface area contributed by atoms with Crippen LogP contribution in [0.2, 0.25) is 0 Å². The lowest BCUT2D eigenvalue weighted by atomic mass is 10.1. The summed E-state index contributed by atoms with van der Waals surface area (Å²) in [4.78, 5) is 16.4. The number of carbonyl (C=O) groups is 1. The van der Waals surface area contributed by atoms with Gasteiger partial charge in [0.1, 0.15) is 5.82 Å². The minimum Gasteiger partial charge on any atom is -0.326 e. The zero-order valence-electron chi connectivity index (χ0n) is 15.9. The lowest BCUT2D eigenvalue weighted by Crippen LogP contribution is -2.11. The molecule has 0 fully saturated rings. The molecule has 0 saturated heterocycles. The smallest absolute Gasteiger partial charge is 0.224 e. The number of amides is 1. The van der Waals surface area contributed by atoms with Gasteiger partial charge in [0.2, 0.25) is 5.91 Å². The van der Waals surface area contributed by atoms with Crippen molar-refractivity contribution in [1.29, 1.82) is 0 Å². The van der Waals surface area contributed by atoms with Crippen LogP contribution in [0.4, 0.5) is 5.69 Å². The fraction of sp³-hybridized carbons (Fsp3) is 0.286. The SMILES string of the molecule is Cc1ccc(CCCCC(=O)Nc2ccc(-c3n[nH]c(CN)n3)cc2)cc1.Cl. The topological polar surface area (TPSA) is 96.7 Å². The quantitative estimate of drug-likeness (QED) is 0.498. The Labute approximate surface area is 171 Å². The number of aromatic nitrogens is 3. The number of nitrogens with zero attached hydrogens (tertiary/aromatic N) is 2. The molecular formula is C21H26ClN5O. The minimum absolute atomic E-state index is 0. The molecule has 0 aliphatic carbocycles. The average molecular weight is 400 g/mol. The van der Waals surface area contributed by atoms with Crippen LogP contribution in [-0.4, -0.2) is 21.1 Å². The maximum Gasteiger partial charge on any atom is 0.224 e. The highest BCUT2D eigenvalue weighted by Gasteiger charge is 2.06. The number of hydrogen-bond donors (Lipinski definition) is 3. The van der Waals surface area contributed by atoms with Gasteiger partial charge in [-0.25, -0.2) is 4.98 Å². The molecular weight excluding hydrogens is 374 g/mol. The largest absolute Gasteiger partial charge is 0.326 e. The van der Waals surface area contributed by atoms with Crippen molar-refractivity contribution in [3.63, 3.8) is 0 Å². The number of halogens is 1. The summed E-state index contributed by atoms with van der Waals surface area (Å²) in [6.07, 6.45) is 3.40. The van der Waals surface area contributed by atoms with E-state index in [1.165, 1.54) is 11.1 Å². The van der Waals surface area contributed by atoms with Gasteiger partial charge in [-0.05, 0) is 56.0 Å². The fourth-order valence-electron chi connectivity index (χ4n) is 2.81. The van der Waals surface area contributed by atoms with Crippen molar-refractivity contribution >= 4 is 24.0 Å². The van der Waals surface area contributed by atoms with Crippen LogP contribution in [0.25, 0.3) is 11.4 Å². The highest BCUT2D eigenvalue weighted by atomic mass is 35.5. The summed E-state index contributed by atoms with van der Waals surface area (Å²) in [6.45, 7) is 2.41. The van der Waals surface area contributed by atoms with E-state index in [1.54, 1.807) is 0 Å². The van der Waals surface area contributed by atoms with Crippen LogP contribution in [0, 0.1) is 6.92 Å². The molecule has 0 spiro atoms. The second kappa shape index (κ2) is 10.6. The fourth-order valence-corrected chi connectivity index (χ4v) is 2.81. The molecule has 28 heavy (non-hydrogen) atoms. The van der Waals surface area contributed by atoms with Crippen molar-refractivity contribution in [2.45, 2.75) is 39.2 Å². The summed E-state index contributed by atoms with van der Waals surface area (Å²) in [5.41, 5.74) is 9.77. The van der Waals surface area contributed by atoms with E-state index in [-0.39, 0.29) is 18.3 Å². The molecule has 3 aromatic rings. The van der Waals surface area contributed by atoms with Gasteiger partial charge in [-0.1, -0.05) is 29.8 Å². The number of unbranched alkanes of at least 4 members (excludes halogenated alkanes) is 1. The molecule has 0 atom stereocenters. The van der Waals surface area contributed by atoms with Crippen LogP contribution >= 0.6 is 12.4 Å². The Balaban J connectivity index is 0.00000280. The van der Waals surface area contributed by atoms with Crippen molar-refractivity contribution in [2.75, 3.05) is 5.32 Å². The van der Waals surface area contributed by atoms with Gasteiger partial charge in [-0.2, -0.15) is 5.10 Å². The maximum atomic E-state index is 12.1. The first kappa shape index (κ1) is 21.6. The number of aromatic amines is 1. The summed E-state index contributed by atoms with van der Waals surface area (Å²) in [5.74, 6) is 1.28. The summed E-state index contributed by atoms with van der Waals surface area (Å²) < 4.78 is 0. The number of benzene rings is 2. The number of anilines is 1. The molecule has 3 rings (SSSR count). The van der Waals surface area contributed by atoms with Gasteiger partial charge in [-0.3, -0.25) is 9.89 Å². The number of hydrogen-bond acceptors (Lipinski definition) is 4. The predicted molar refractivity (Wildman–Crippen MR) is 114 cm³/mol. The predicted octanol–water partition coefficient (Wildman–Crippen LogP) is 4.01. The van der Waals surface area contributed by atoms with Crippen LogP contribution in [0.3, 0.4) is 0 Å². The van der Waals surface area contributed by atoms with E-state index in [0.29, 0.717) is 24.6 Å². The van der Waals surface area contributed by atoms with Crippen LogP contribution in [0.15, 0.2) is 48.5 Å². The van der Waals surface area contributed by atoms with Crippen molar-refractivity contribution < 1.29 is 4.79 Å². The monoisotopic (exact) mass is 399 g/mol. The number of H-pyrrole nitrogens is 1. The molecule has 1 amide bonds. The summed E-state index contributed by atoms with van der Waals surface area (Å²) in [6, 6.07) is 16.0. The Bertz CT molecular complexity index is 875. The highest BCUT2D eigenvalue weighted by Crippen LogP contribution is 2.18. The molecule has 0 unspecified atom stereocenters. The van der Waals surface area contributed by atoms with E-state index in [9.17, 15) is 4.79 Å². The van der Waals surface area contributed by atoms with E-state index in [4.69, 9.17) is 5.73 Å². The van der Waals surface area contributed by atoms with E-state index < -0.39 is 0 Å².